The topological polar surface area (TPSA) is 78.6 Å². The van der Waals surface area contributed by atoms with Crippen molar-refractivity contribution in [2.24, 2.45) is 5.10 Å². The van der Waals surface area contributed by atoms with Crippen molar-refractivity contribution in [1.29, 1.82) is 0 Å². The Hall–Kier alpha value is -3.13. The fraction of sp³-hybridized carbons (Fsp3) is 0.435. The van der Waals surface area contributed by atoms with Gasteiger partial charge >= 0.3 is 6.09 Å². The van der Waals surface area contributed by atoms with E-state index in [9.17, 15) is 9.59 Å². The van der Waals surface area contributed by atoms with E-state index in [1.807, 2.05) is 43.3 Å². The minimum Gasteiger partial charge on any atom is -0.467 e. The molecule has 0 radical (unpaired) electrons. The van der Waals surface area contributed by atoms with Crippen molar-refractivity contribution in [1.82, 2.24) is 14.8 Å². The van der Waals surface area contributed by atoms with Crippen molar-refractivity contribution >= 4 is 17.7 Å². The zero-order chi connectivity index (χ0) is 21.8. The van der Waals surface area contributed by atoms with E-state index in [-0.39, 0.29) is 24.6 Å². The van der Waals surface area contributed by atoms with Crippen LogP contribution in [0.15, 0.2) is 52.2 Å². The zero-order valence-corrected chi connectivity index (χ0v) is 18.0. The predicted molar refractivity (Wildman–Crippen MR) is 116 cm³/mol. The standard InChI is InChI=1S/C23H28N4O4/c1-3-30-23(29)26-12-10-25(11-13-26)16-22(28)27-20(21-5-4-14-31-21)15-19(24-27)18-8-6-17(2)7-9-18/h4-9,14,20H,3,10-13,15-16H2,1-2H3/t20-/m0/s1. The van der Waals surface area contributed by atoms with Crippen LogP contribution < -0.4 is 0 Å². The summed E-state index contributed by atoms with van der Waals surface area (Å²) in [5.74, 6) is 0.652. The summed E-state index contributed by atoms with van der Waals surface area (Å²) >= 11 is 0. The van der Waals surface area contributed by atoms with Crippen LogP contribution in [0.1, 0.15) is 36.3 Å². The van der Waals surface area contributed by atoms with E-state index in [2.05, 4.69) is 10.0 Å². The quantitative estimate of drug-likeness (QED) is 0.737. The molecule has 0 aliphatic carbocycles. The molecule has 0 unspecified atom stereocenters. The van der Waals surface area contributed by atoms with Gasteiger partial charge in [0.1, 0.15) is 11.8 Å². The van der Waals surface area contributed by atoms with Gasteiger partial charge in [0, 0.05) is 32.6 Å². The third kappa shape index (κ3) is 4.80. The summed E-state index contributed by atoms with van der Waals surface area (Å²) in [7, 11) is 0. The smallest absolute Gasteiger partial charge is 0.409 e. The Bertz CT molecular complexity index is 931. The van der Waals surface area contributed by atoms with E-state index in [0.717, 1.165) is 17.0 Å². The molecule has 0 spiro atoms. The molecular formula is C23H28N4O4. The second-order valence-corrected chi connectivity index (χ2v) is 7.85. The second kappa shape index (κ2) is 9.34. The molecule has 1 atom stereocenters. The van der Waals surface area contributed by atoms with Crippen LogP contribution in [0.25, 0.3) is 0 Å². The number of hydrogen-bond donors (Lipinski definition) is 0. The first kappa shape index (κ1) is 21.1. The lowest BCUT2D eigenvalue weighted by Crippen LogP contribution is -2.51. The first-order valence-electron chi connectivity index (χ1n) is 10.7. The minimum atomic E-state index is -0.293. The number of aryl methyl sites for hydroxylation is 1. The van der Waals surface area contributed by atoms with Gasteiger partial charge in [-0.15, -0.1) is 0 Å². The largest absolute Gasteiger partial charge is 0.467 e. The number of ether oxygens (including phenoxy) is 1. The number of hydrazone groups is 1. The highest BCUT2D eigenvalue weighted by molar-refractivity contribution is 6.03. The molecule has 2 aromatic rings. The normalized spacial score (nSPS) is 19.4. The van der Waals surface area contributed by atoms with Crippen molar-refractivity contribution in [3.63, 3.8) is 0 Å². The average Bonchev–Trinajstić information content (AvgIpc) is 3.45. The summed E-state index contributed by atoms with van der Waals surface area (Å²) in [5, 5.41) is 6.25. The molecule has 0 saturated carbocycles. The summed E-state index contributed by atoms with van der Waals surface area (Å²) in [6.45, 7) is 6.79. The van der Waals surface area contributed by atoms with Gasteiger partial charge in [0.25, 0.3) is 5.91 Å². The fourth-order valence-electron chi connectivity index (χ4n) is 3.93. The second-order valence-electron chi connectivity index (χ2n) is 7.85. The van der Waals surface area contributed by atoms with E-state index in [0.29, 0.717) is 39.2 Å². The van der Waals surface area contributed by atoms with Gasteiger partial charge in [0.05, 0.1) is 25.1 Å². The van der Waals surface area contributed by atoms with Gasteiger partial charge in [-0.1, -0.05) is 29.8 Å². The highest BCUT2D eigenvalue weighted by Gasteiger charge is 2.36. The maximum atomic E-state index is 13.2. The van der Waals surface area contributed by atoms with Crippen LogP contribution >= 0.6 is 0 Å². The van der Waals surface area contributed by atoms with Crippen molar-refractivity contribution in [3.8, 4) is 0 Å². The SMILES string of the molecule is CCOC(=O)N1CCN(CC(=O)N2N=C(c3ccc(C)cc3)C[C@H]2c2ccco2)CC1. The van der Waals surface area contributed by atoms with Crippen molar-refractivity contribution in [3.05, 3.63) is 59.5 Å². The first-order chi connectivity index (χ1) is 15.0. The van der Waals surface area contributed by atoms with Gasteiger partial charge in [0.15, 0.2) is 0 Å². The number of carbonyl (C=O) groups is 2. The molecular weight excluding hydrogens is 396 g/mol. The Morgan fingerprint density at radius 1 is 1.13 bits per heavy atom. The van der Waals surface area contributed by atoms with Gasteiger partial charge in [-0.2, -0.15) is 5.10 Å². The number of piperazine rings is 1. The fourth-order valence-corrected chi connectivity index (χ4v) is 3.93. The van der Waals surface area contributed by atoms with E-state index in [1.54, 1.807) is 23.1 Å². The van der Waals surface area contributed by atoms with Crippen LogP contribution in [0.5, 0.6) is 0 Å². The molecule has 0 bridgehead atoms. The average molecular weight is 425 g/mol. The summed E-state index contributed by atoms with van der Waals surface area (Å²) in [5.41, 5.74) is 3.07. The number of carbonyl (C=O) groups excluding carboxylic acids is 2. The zero-order valence-electron chi connectivity index (χ0n) is 18.0. The van der Waals surface area contributed by atoms with E-state index < -0.39 is 0 Å². The lowest BCUT2D eigenvalue weighted by atomic mass is 10.0. The molecule has 8 heteroatoms. The molecule has 31 heavy (non-hydrogen) atoms. The Balaban J connectivity index is 1.44. The van der Waals surface area contributed by atoms with E-state index >= 15 is 0 Å². The van der Waals surface area contributed by atoms with Crippen molar-refractivity contribution in [2.75, 3.05) is 39.3 Å². The Morgan fingerprint density at radius 3 is 2.52 bits per heavy atom. The lowest BCUT2D eigenvalue weighted by Gasteiger charge is -2.34. The lowest BCUT2D eigenvalue weighted by molar-refractivity contribution is -0.135. The van der Waals surface area contributed by atoms with Gasteiger partial charge in [-0.05, 0) is 31.5 Å². The molecule has 2 amide bonds. The molecule has 1 aromatic carbocycles. The monoisotopic (exact) mass is 424 g/mol. The third-order valence-electron chi connectivity index (χ3n) is 5.68. The van der Waals surface area contributed by atoms with Crippen LogP contribution in [0.4, 0.5) is 4.79 Å². The van der Waals surface area contributed by atoms with Crippen LogP contribution in [0.3, 0.4) is 0 Å². The summed E-state index contributed by atoms with van der Waals surface area (Å²) < 4.78 is 10.7. The number of hydrogen-bond acceptors (Lipinski definition) is 6. The molecule has 1 fully saturated rings. The number of amides is 2. The molecule has 164 valence electrons. The number of benzene rings is 1. The maximum absolute atomic E-state index is 13.2. The summed E-state index contributed by atoms with van der Waals surface area (Å²) in [4.78, 5) is 28.8. The Morgan fingerprint density at radius 2 is 1.87 bits per heavy atom. The highest BCUT2D eigenvalue weighted by Crippen LogP contribution is 2.33. The van der Waals surface area contributed by atoms with Crippen LogP contribution in [0.2, 0.25) is 0 Å². The van der Waals surface area contributed by atoms with Crippen LogP contribution in [-0.4, -0.2) is 71.9 Å². The number of nitrogens with zero attached hydrogens (tertiary/aromatic N) is 4. The predicted octanol–water partition coefficient (Wildman–Crippen LogP) is 3.04. The molecule has 1 aromatic heterocycles. The van der Waals surface area contributed by atoms with Gasteiger partial charge in [0.2, 0.25) is 0 Å². The summed E-state index contributed by atoms with van der Waals surface area (Å²) in [6, 6.07) is 11.6. The first-order valence-corrected chi connectivity index (χ1v) is 10.7. The van der Waals surface area contributed by atoms with Gasteiger partial charge < -0.3 is 14.1 Å². The maximum Gasteiger partial charge on any atom is 0.409 e. The van der Waals surface area contributed by atoms with E-state index in [4.69, 9.17) is 9.15 Å². The number of rotatable bonds is 5. The highest BCUT2D eigenvalue weighted by atomic mass is 16.6. The Labute approximate surface area is 182 Å². The van der Waals surface area contributed by atoms with Crippen LogP contribution in [-0.2, 0) is 9.53 Å². The number of furan rings is 1. The molecule has 0 N–H and O–H groups in total. The molecule has 8 nitrogen and oxygen atoms in total. The third-order valence-corrected chi connectivity index (χ3v) is 5.68. The van der Waals surface area contributed by atoms with Crippen LogP contribution in [0, 0.1) is 6.92 Å². The van der Waals surface area contributed by atoms with Gasteiger partial charge in [-0.3, -0.25) is 9.69 Å². The minimum absolute atomic E-state index is 0.0758. The van der Waals surface area contributed by atoms with Crippen molar-refractivity contribution in [2.45, 2.75) is 26.3 Å². The Kier molecular flexibility index (Phi) is 6.36. The van der Waals surface area contributed by atoms with Gasteiger partial charge in [-0.25, -0.2) is 9.80 Å². The van der Waals surface area contributed by atoms with E-state index in [1.165, 1.54) is 5.56 Å². The molecule has 1 saturated heterocycles. The molecule has 2 aliphatic rings. The molecule has 3 heterocycles. The molecule has 4 rings (SSSR count). The molecule has 2 aliphatic heterocycles. The van der Waals surface area contributed by atoms with Crippen molar-refractivity contribution < 1.29 is 18.7 Å². The summed E-state index contributed by atoms with van der Waals surface area (Å²) in [6.07, 6.45) is 1.94.